The fourth-order valence-electron chi connectivity index (χ4n) is 3.95. The van der Waals surface area contributed by atoms with E-state index in [0.717, 1.165) is 45.9 Å². The first kappa shape index (κ1) is 21.2. The first-order chi connectivity index (χ1) is 16.1. The van der Waals surface area contributed by atoms with Gasteiger partial charge in [0.1, 0.15) is 5.75 Å². The van der Waals surface area contributed by atoms with E-state index >= 15 is 0 Å². The zero-order chi connectivity index (χ0) is 22.8. The SMILES string of the molecule is COc1cnccc1-c1cc(C)ncc1C(=O)Nc1nc2c(s1)CNC2Cc1cccnc1. The van der Waals surface area contributed by atoms with Gasteiger partial charge in [0.2, 0.25) is 0 Å². The van der Waals surface area contributed by atoms with Gasteiger partial charge in [0.15, 0.2) is 5.13 Å². The first-order valence-electron chi connectivity index (χ1n) is 10.5. The molecule has 33 heavy (non-hydrogen) atoms. The predicted octanol–water partition coefficient (Wildman–Crippen LogP) is 3.95. The Kier molecular flexibility index (Phi) is 5.80. The summed E-state index contributed by atoms with van der Waals surface area (Å²) in [7, 11) is 1.58. The minimum atomic E-state index is -0.263. The molecule has 1 atom stereocenters. The van der Waals surface area contributed by atoms with Crippen LogP contribution in [0, 0.1) is 6.92 Å². The second kappa shape index (κ2) is 9.05. The number of pyridine rings is 3. The molecule has 0 aromatic carbocycles. The third-order valence-corrected chi connectivity index (χ3v) is 6.52. The molecule has 0 saturated carbocycles. The number of aromatic nitrogens is 4. The van der Waals surface area contributed by atoms with Crippen molar-refractivity contribution in [1.29, 1.82) is 0 Å². The van der Waals surface area contributed by atoms with E-state index < -0.39 is 0 Å². The maximum absolute atomic E-state index is 13.3. The molecule has 1 amide bonds. The van der Waals surface area contributed by atoms with Crippen LogP contribution in [0.1, 0.15) is 38.2 Å². The van der Waals surface area contributed by atoms with Gasteiger partial charge in [-0.05, 0) is 37.1 Å². The molecule has 166 valence electrons. The van der Waals surface area contributed by atoms with E-state index in [-0.39, 0.29) is 11.9 Å². The summed E-state index contributed by atoms with van der Waals surface area (Å²) in [5, 5.41) is 7.04. The largest absolute Gasteiger partial charge is 0.494 e. The highest BCUT2D eigenvalue weighted by Crippen LogP contribution is 2.35. The Morgan fingerprint density at radius 1 is 1.21 bits per heavy atom. The number of rotatable bonds is 6. The van der Waals surface area contributed by atoms with Crippen LogP contribution in [0.25, 0.3) is 11.1 Å². The average molecular weight is 459 g/mol. The van der Waals surface area contributed by atoms with Crippen molar-refractivity contribution in [3.8, 4) is 16.9 Å². The minimum absolute atomic E-state index is 0.101. The number of fused-ring (bicyclic) bond motifs is 1. The molecular weight excluding hydrogens is 436 g/mol. The van der Waals surface area contributed by atoms with Gasteiger partial charge < -0.3 is 10.1 Å². The molecule has 1 aliphatic heterocycles. The molecule has 1 unspecified atom stereocenters. The molecule has 0 radical (unpaired) electrons. The molecule has 5 heterocycles. The molecule has 8 nitrogen and oxygen atoms in total. The first-order valence-corrected chi connectivity index (χ1v) is 11.3. The molecule has 0 aliphatic carbocycles. The normalized spacial score (nSPS) is 14.7. The summed E-state index contributed by atoms with van der Waals surface area (Å²) in [6.07, 6.45) is 9.33. The molecule has 0 spiro atoms. The third-order valence-electron chi connectivity index (χ3n) is 5.53. The highest BCUT2D eigenvalue weighted by atomic mass is 32.1. The lowest BCUT2D eigenvalue weighted by Crippen LogP contribution is -2.17. The standard InChI is InChI=1S/C24H22N6O2S/c1-14-8-17(16-5-7-26-12-20(16)32-2)18(11-27-14)23(31)30-24-29-22-19(28-13-21(22)33-24)9-15-4-3-6-25-10-15/h3-8,10-12,19,28H,9,13H2,1-2H3,(H,29,30,31). The van der Waals surface area contributed by atoms with Crippen LogP contribution in [0.2, 0.25) is 0 Å². The number of nitrogens with zero attached hydrogens (tertiary/aromatic N) is 4. The number of thiazole rings is 1. The summed E-state index contributed by atoms with van der Waals surface area (Å²) in [4.78, 5) is 31.8. The Morgan fingerprint density at radius 2 is 2.09 bits per heavy atom. The number of hydrogen-bond acceptors (Lipinski definition) is 8. The molecule has 9 heteroatoms. The maximum atomic E-state index is 13.3. The number of aryl methyl sites for hydroxylation is 1. The van der Waals surface area contributed by atoms with Gasteiger partial charge in [-0.3, -0.25) is 25.1 Å². The van der Waals surface area contributed by atoms with Gasteiger partial charge in [0.25, 0.3) is 5.91 Å². The van der Waals surface area contributed by atoms with Crippen molar-refractivity contribution in [2.24, 2.45) is 0 Å². The minimum Gasteiger partial charge on any atom is -0.494 e. The van der Waals surface area contributed by atoms with Crippen molar-refractivity contribution < 1.29 is 9.53 Å². The van der Waals surface area contributed by atoms with Crippen molar-refractivity contribution in [3.05, 3.63) is 82.6 Å². The smallest absolute Gasteiger partial charge is 0.259 e. The lowest BCUT2D eigenvalue weighted by molar-refractivity contribution is 0.102. The summed E-state index contributed by atoms with van der Waals surface area (Å²) in [5.74, 6) is 0.329. The maximum Gasteiger partial charge on any atom is 0.259 e. The lowest BCUT2D eigenvalue weighted by atomic mass is 10.0. The van der Waals surface area contributed by atoms with Crippen molar-refractivity contribution in [1.82, 2.24) is 25.3 Å². The monoisotopic (exact) mass is 458 g/mol. The molecule has 2 N–H and O–H groups in total. The summed E-state index contributed by atoms with van der Waals surface area (Å²) in [6, 6.07) is 7.80. The van der Waals surface area contributed by atoms with Crippen molar-refractivity contribution in [2.75, 3.05) is 12.4 Å². The van der Waals surface area contributed by atoms with Crippen LogP contribution in [-0.4, -0.2) is 33.0 Å². The van der Waals surface area contributed by atoms with Gasteiger partial charge in [0, 0.05) is 53.0 Å². The van der Waals surface area contributed by atoms with E-state index in [0.29, 0.717) is 16.4 Å². The Labute approximate surface area is 195 Å². The van der Waals surface area contributed by atoms with Gasteiger partial charge in [0.05, 0.1) is 30.6 Å². The Bertz CT molecular complexity index is 1310. The van der Waals surface area contributed by atoms with Crippen molar-refractivity contribution in [2.45, 2.75) is 25.9 Å². The van der Waals surface area contributed by atoms with E-state index in [4.69, 9.17) is 9.72 Å². The summed E-state index contributed by atoms with van der Waals surface area (Å²) < 4.78 is 5.46. The van der Waals surface area contributed by atoms with E-state index in [1.165, 1.54) is 11.3 Å². The number of ether oxygens (including phenoxy) is 1. The quantitative estimate of drug-likeness (QED) is 0.451. The van der Waals surface area contributed by atoms with Crippen LogP contribution < -0.4 is 15.4 Å². The number of carbonyl (C=O) groups is 1. The van der Waals surface area contributed by atoms with E-state index in [2.05, 4.69) is 31.7 Å². The number of methoxy groups -OCH3 is 1. The van der Waals surface area contributed by atoms with Gasteiger partial charge in [-0.25, -0.2) is 4.98 Å². The predicted molar refractivity (Wildman–Crippen MR) is 126 cm³/mol. The van der Waals surface area contributed by atoms with E-state index in [1.807, 2.05) is 31.3 Å². The molecule has 0 fully saturated rings. The highest BCUT2D eigenvalue weighted by molar-refractivity contribution is 7.16. The third kappa shape index (κ3) is 4.33. The van der Waals surface area contributed by atoms with Crippen LogP contribution in [0.5, 0.6) is 5.75 Å². The molecular formula is C24H22N6O2S. The molecule has 0 saturated heterocycles. The topological polar surface area (TPSA) is 102 Å². The number of nitrogens with one attached hydrogen (secondary N) is 2. The highest BCUT2D eigenvalue weighted by Gasteiger charge is 2.28. The van der Waals surface area contributed by atoms with E-state index in [1.54, 1.807) is 31.9 Å². The molecule has 5 rings (SSSR count). The van der Waals surface area contributed by atoms with Crippen LogP contribution in [0.3, 0.4) is 0 Å². The number of hydrogen-bond donors (Lipinski definition) is 2. The lowest BCUT2D eigenvalue weighted by Gasteiger charge is -2.13. The van der Waals surface area contributed by atoms with Crippen LogP contribution >= 0.6 is 11.3 Å². The van der Waals surface area contributed by atoms with Gasteiger partial charge in [-0.1, -0.05) is 6.07 Å². The Balaban J connectivity index is 1.40. The second-order valence-corrected chi connectivity index (χ2v) is 8.81. The molecule has 4 aromatic rings. The summed E-state index contributed by atoms with van der Waals surface area (Å²) in [6.45, 7) is 2.62. The Morgan fingerprint density at radius 3 is 2.91 bits per heavy atom. The average Bonchev–Trinajstić information content (AvgIpc) is 3.40. The van der Waals surface area contributed by atoms with Crippen LogP contribution in [-0.2, 0) is 13.0 Å². The number of carbonyl (C=O) groups excluding carboxylic acids is 1. The molecule has 0 bridgehead atoms. The van der Waals surface area contributed by atoms with Gasteiger partial charge >= 0.3 is 0 Å². The zero-order valence-corrected chi connectivity index (χ0v) is 19.0. The molecule has 1 aliphatic rings. The second-order valence-electron chi connectivity index (χ2n) is 7.73. The van der Waals surface area contributed by atoms with Gasteiger partial charge in [-0.2, -0.15) is 0 Å². The number of anilines is 1. The fourth-order valence-corrected chi connectivity index (χ4v) is 4.91. The van der Waals surface area contributed by atoms with Crippen LogP contribution in [0.4, 0.5) is 5.13 Å². The summed E-state index contributed by atoms with van der Waals surface area (Å²) >= 11 is 1.50. The van der Waals surface area contributed by atoms with Gasteiger partial charge in [-0.15, -0.1) is 11.3 Å². The molecule has 4 aromatic heterocycles. The number of amides is 1. The summed E-state index contributed by atoms with van der Waals surface area (Å²) in [5.41, 5.74) is 4.90. The van der Waals surface area contributed by atoms with Crippen LogP contribution in [0.15, 0.2) is 55.2 Å². The zero-order valence-electron chi connectivity index (χ0n) is 18.2. The Hall–Kier alpha value is -3.69. The van der Waals surface area contributed by atoms with E-state index in [9.17, 15) is 4.79 Å². The van der Waals surface area contributed by atoms with Crippen molar-refractivity contribution >= 4 is 22.4 Å². The van der Waals surface area contributed by atoms with Crippen molar-refractivity contribution in [3.63, 3.8) is 0 Å². The fraction of sp³-hybridized carbons (Fsp3) is 0.208.